The fourth-order valence-corrected chi connectivity index (χ4v) is 5.61. The summed E-state index contributed by atoms with van der Waals surface area (Å²) in [7, 11) is -4.14. The van der Waals surface area contributed by atoms with Gasteiger partial charge in [-0.05, 0) is 49.8 Å². The first-order valence-corrected chi connectivity index (χ1v) is 12.6. The first-order valence-electron chi connectivity index (χ1n) is 11.1. The highest BCUT2D eigenvalue weighted by atomic mass is 32.2. The molecule has 31 heavy (non-hydrogen) atoms. The highest BCUT2D eigenvalue weighted by molar-refractivity contribution is 7.89. The Balaban J connectivity index is 1.55. The summed E-state index contributed by atoms with van der Waals surface area (Å²) < 4.78 is 47.3. The van der Waals surface area contributed by atoms with Crippen LogP contribution >= 0.6 is 0 Å². The van der Waals surface area contributed by atoms with Crippen LogP contribution in [0.3, 0.4) is 0 Å². The van der Waals surface area contributed by atoms with E-state index in [0.717, 1.165) is 58.2 Å². The first kappa shape index (κ1) is 24.1. The number of hydrogen-bond acceptors (Lipinski definition) is 5. The van der Waals surface area contributed by atoms with Gasteiger partial charge in [-0.2, -0.15) is 4.72 Å². The van der Waals surface area contributed by atoms with Gasteiger partial charge in [0, 0.05) is 26.2 Å². The zero-order valence-corrected chi connectivity index (χ0v) is 19.2. The van der Waals surface area contributed by atoms with Crippen LogP contribution < -0.4 is 4.72 Å². The molecule has 1 N–H and O–H groups in total. The highest BCUT2D eigenvalue weighted by Crippen LogP contribution is 2.23. The van der Waals surface area contributed by atoms with Gasteiger partial charge in [0.05, 0.1) is 13.2 Å². The molecular formula is C22H34FN3O4S. The Morgan fingerprint density at radius 2 is 1.81 bits per heavy atom. The lowest BCUT2D eigenvalue weighted by molar-refractivity contribution is -0.135. The maximum Gasteiger partial charge on any atom is 0.244 e. The van der Waals surface area contributed by atoms with Crippen molar-refractivity contribution in [2.75, 3.05) is 45.9 Å². The Kier molecular flexibility index (Phi) is 8.43. The van der Waals surface area contributed by atoms with Gasteiger partial charge in [-0.25, -0.2) is 12.8 Å². The van der Waals surface area contributed by atoms with Crippen LogP contribution in [-0.2, 0) is 19.6 Å². The number of carbonyl (C=O) groups excluding carboxylic acids is 1. The minimum absolute atomic E-state index is 0.235. The van der Waals surface area contributed by atoms with Gasteiger partial charge in [0.2, 0.25) is 15.9 Å². The lowest BCUT2D eigenvalue weighted by Crippen LogP contribution is -2.53. The number of amides is 1. The predicted octanol–water partition coefficient (Wildman–Crippen LogP) is 2.09. The molecule has 9 heteroatoms. The summed E-state index contributed by atoms with van der Waals surface area (Å²) in [5, 5.41) is 0. The number of hydrogen-bond donors (Lipinski definition) is 1. The van der Waals surface area contributed by atoms with Crippen molar-refractivity contribution < 1.29 is 22.3 Å². The van der Waals surface area contributed by atoms with E-state index < -0.39 is 26.8 Å². The molecule has 2 aliphatic heterocycles. The minimum Gasteiger partial charge on any atom is -0.379 e. The SMILES string of the molecule is CC(C)[C@H](NS(=O)(=O)c1ccccc1F)C(=O)N1CCC(CCN2CCOCC2)CC1. The molecule has 3 rings (SSSR count). The molecule has 2 fully saturated rings. The van der Waals surface area contributed by atoms with Crippen molar-refractivity contribution >= 4 is 15.9 Å². The second kappa shape index (κ2) is 10.8. The van der Waals surface area contributed by atoms with Crippen molar-refractivity contribution in [3.63, 3.8) is 0 Å². The van der Waals surface area contributed by atoms with Crippen LogP contribution in [0, 0.1) is 17.7 Å². The largest absolute Gasteiger partial charge is 0.379 e. The number of likely N-dealkylation sites (tertiary alicyclic amines) is 1. The summed E-state index contributed by atoms with van der Waals surface area (Å²) in [6.45, 7) is 9.44. The van der Waals surface area contributed by atoms with Gasteiger partial charge in [0.25, 0.3) is 0 Å². The van der Waals surface area contributed by atoms with E-state index in [-0.39, 0.29) is 11.8 Å². The van der Waals surface area contributed by atoms with Gasteiger partial charge in [0.15, 0.2) is 0 Å². The Labute approximate surface area is 185 Å². The molecule has 2 aliphatic rings. The van der Waals surface area contributed by atoms with Gasteiger partial charge in [-0.3, -0.25) is 9.69 Å². The van der Waals surface area contributed by atoms with Gasteiger partial charge >= 0.3 is 0 Å². The van der Waals surface area contributed by atoms with E-state index in [2.05, 4.69) is 9.62 Å². The summed E-state index contributed by atoms with van der Waals surface area (Å²) in [6, 6.07) is 4.28. The number of benzene rings is 1. The van der Waals surface area contributed by atoms with Crippen LogP contribution in [-0.4, -0.2) is 76.1 Å². The maximum atomic E-state index is 14.0. The molecule has 0 bridgehead atoms. The smallest absolute Gasteiger partial charge is 0.244 e. The summed E-state index contributed by atoms with van der Waals surface area (Å²) in [5.41, 5.74) is 0. The molecule has 174 valence electrons. The molecular weight excluding hydrogens is 421 g/mol. The summed E-state index contributed by atoms with van der Waals surface area (Å²) in [4.78, 5) is 16.9. The van der Waals surface area contributed by atoms with E-state index in [1.54, 1.807) is 18.7 Å². The van der Waals surface area contributed by atoms with Gasteiger partial charge in [-0.1, -0.05) is 26.0 Å². The van der Waals surface area contributed by atoms with Crippen molar-refractivity contribution in [1.82, 2.24) is 14.5 Å². The van der Waals surface area contributed by atoms with E-state index >= 15 is 0 Å². The summed E-state index contributed by atoms with van der Waals surface area (Å²) in [6.07, 6.45) is 2.94. The van der Waals surface area contributed by atoms with Crippen LogP contribution in [0.25, 0.3) is 0 Å². The van der Waals surface area contributed by atoms with Crippen LogP contribution in [0.1, 0.15) is 33.1 Å². The fourth-order valence-electron chi connectivity index (χ4n) is 4.19. The molecule has 0 saturated carbocycles. The van der Waals surface area contributed by atoms with E-state index in [0.29, 0.717) is 19.0 Å². The summed E-state index contributed by atoms with van der Waals surface area (Å²) >= 11 is 0. The molecule has 0 aromatic heterocycles. The second-order valence-corrected chi connectivity index (χ2v) is 10.5. The van der Waals surface area contributed by atoms with Crippen molar-refractivity contribution in [3.8, 4) is 0 Å². The van der Waals surface area contributed by atoms with Gasteiger partial charge < -0.3 is 9.64 Å². The molecule has 0 spiro atoms. The minimum atomic E-state index is -4.14. The third-order valence-corrected chi connectivity index (χ3v) is 7.70. The third-order valence-electron chi connectivity index (χ3n) is 6.22. The predicted molar refractivity (Wildman–Crippen MR) is 117 cm³/mol. The topological polar surface area (TPSA) is 79.0 Å². The van der Waals surface area contributed by atoms with Crippen LogP contribution in [0.5, 0.6) is 0 Å². The molecule has 0 aliphatic carbocycles. The molecule has 1 atom stereocenters. The van der Waals surface area contributed by atoms with E-state index in [1.807, 2.05) is 0 Å². The Hall–Kier alpha value is -1.55. The van der Waals surface area contributed by atoms with Crippen molar-refractivity contribution in [3.05, 3.63) is 30.1 Å². The summed E-state index contributed by atoms with van der Waals surface area (Å²) in [5.74, 6) is -0.750. The number of sulfonamides is 1. The van der Waals surface area contributed by atoms with E-state index in [4.69, 9.17) is 4.74 Å². The molecule has 0 unspecified atom stereocenters. The Morgan fingerprint density at radius 1 is 1.16 bits per heavy atom. The first-order chi connectivity index (χ1) is 14.8. The number of morpholine rings is 1. The molecule has 1 amide bonds. The lowest BCUT2D eigenvalue weighted by atomic mass is 9.92. The molecule has 2 heterocycles. The third kappa shape index (κ3) is 6.47. The number of piperidine rings is 1. The zero-order chi connectivity index (χ0) is 22.4. The van der Waals surface area contributed by atoms with Crippen LogP contribution in [0.15, 0.2) is 29.2 Å². The number of carbonyl (C=O) groups is 1. The normalized spacial score (nSPS) is 20.2. The van der Waals surface area contributed by atoms with Crippen LogP contribution in [0.2, 0.25) is 0 Å². The maximum absolute atomic E-state index is 14.0. The molecule has 1 aromatic rings. The average Bonchev–Trinajstić information content (AvgIpc) is 2.77. The number of ether oxygens (including phenoxy) is 1. The van der Waals surface area contributed by atoms with E-state index in [9.17, 15) is 17.6 Å². The Bertz CT molecular complexity index is 835. The molecule has 7 nitrogen and oxygen atoms in total. The zero-order valence-electron chi connectivity index (χ0n) is 18.4. The number of nitrogens with zero attached hydrogens (tertiary/aromatic N) is 2. The molecule has 1 aromatic carbocycles. The molecule has 2 saturated heterocycles. The van der Waals surface area contributed by atoms with Crippen molar-refractivity contribution in [1.29, 1.82) is 0 Å². The average molecular weight is 456 g/mol. The van der Waals surface area contributed by atoms with Crippen molar-refractivity contribution in [2.45, 2.75) is 44.0 Å². The number of nitrogens with one attached hydrogen (secondary N) is 1. The monoisotopic (exact) mass is 455 g/mol. The van der Waals surface area contributed by atoms with E-state index in [1.165, 1.54) is 18.2 Å². The van der Waals surface area contributed by atoms with Crippen molar-refractivity contribution in [2.24, 2.45) is 11.8 Å². The Morgan fingerprint density at radius 3 is 2.42 bits per heavy atom. The second-order valence-electron chi connectivity index (χ2n) is 8.78. The van der Waals surface area contributed by atoms with Gasteiger partial charge in [0.1, 0.15) is 16.8 Å². The number of rotatable bonds is 8. The number of halogens is 1. The molecule has 0 radical (unpaired) electrons. The highest BCUT2D eigenvalue weighted by Gasteiger charge is 2.34. The van der Waals surface area contributed by atoms with Crippen LogP contribution in [0.4, 0.5) is 4.39 Å². The van der Waals surface area contributed by atoms with Gasteiger partial charge in [-0.15, -0.1) is 0 Å². The fraction of sp³-hybridized carbons (Fsp3) is 0.682. The standard InChI is InChI=1S/C22H34FN3O4S/c1-17(2)21(24-31(28,29)20-6-4-3-5-19(20)23)22(27)26-11-8-18(9-12-26)7-10-25-13-15-30-16-14-25/h3-6,17-18,21,24H,7-16H2,1-2H3/t21-/m0/s1. The lowest BCUT2D eigenvalue weighted by Gasteiger charge is -2.36. The quantitative estimate of drug-likeness (QED) is 0.649.